The number of hydrazone groups is 1. The Kier molecular flexibility index (Phi) is 7.41. The molecule has 3 aromatic carbocycles. The lowest BCUT2D eigenvalue weighted by Crippen LogP contribution is -2.40. The first-order chi connectivity index (χ1) is 15.7. The Morgan fingerprint density at radius 2 is 1.85 bits per heavy atom. The van der Waals surface area contributed by atoms with Gasteiger partial charge in [-0.15, -0.1) is 0 Å². The van der Waals surface area contributed by atoms with Gasteiger partial charge in [0.05, 0.1) is 21.7 Å². The molecule has 0 fully saturated rings. The third-order valence-corrected chi connectivity index (χ3v) is 6.54. The van der Waals surface area contributed by atoms with Gasteiger partial charge in [-0.2, -0.15) is 5.10 Å². The lowest BCUT2D eigenvalue weighted by atomic mass is 10.2. The van der Waals surface area contributed by atoms with Gasteiger partial charge in [0.25, 0.3) is 21.6 Å². The smallest absolute Gasteiger partial charge is 0.270 e. The Bertz CT molecular complexity index is 1310. The molecule has 0 unspecified atom stereocenters. The summed E-state index contributed by atoms with van der Waals surface area (Å²) in [5.74, 6) is -0.703. The third kappa shape index (κ3) is 5.93. The lowest BCUT2D eigenvalue weighted by molar-refractivity contribution is -0.384. The average Bonchev–Trinajstić information content (AvgIpc) is 2.78. The molecule has 0 aliphatic heterocycles. The van der Waals surface area contributed by atoms with Crippen LogP contribution in [0.25, 0.3) is 0 Å². The number of benzene rings is 3. The average molecular weight is 487 g/mol. The van der Waals surface area contributed by atoms with Crippen molar-refractivity contribution in [1.82, 2.24) is 5.43 Å². The van der Waals surface area contributed by atoms with Gasteiger partial charge in [0.15, 0.2) is 0 Å². The molecule has 1 N–H and O–H groups in total. The standard InChI is InChI=1S/C22H19ClN4O5S/c1-16-12-18(23)10-11-21(16)26(33(31,32)20-8-3-2-4-9-20)15-22(28)25-24-14-17-6-5-7-19(13-17)27(29)30/h2-14H,15H2,1H3,(H,25,28)/b24-14-. The van der Waals surface area contributed by atoms with E-state index in [1.54, 1.807) is 37.3 Å². The van der Waals surface area contributed by atoms with Gasteiger partial charge < -0.3 is 0 Å². The quantitative estimate of drug-likeness (QED) is 0.294. The Balaban J connectivity index is 1.85. The second-order valence-corrected chi connectivity index (χ2v) is 9.20. The van der Waals surface area contributed by atoms with Gasteiger partial charge >= 0.3 is 0 Å². The number of carbonyl (C=O) groups excluding carboxylic acids is 1. The molecule has 0 heterocycles. The fourth-order valence-electron chi connectivity index (χ4n) is 2.98. The van der Waals surface area contributed by atoms with E-state index < -0.39 is 27.4 Å². The van der Waals surface area contributed by atoms with Crippen LogP contribution in [0.15, 0.2) is 82.8 Å². The van der Waals surface area contributed by atoms with Crippen LogP contribution in [0, 0.1) is 17.0 Å². The maximum Gasteiger partial charge on any atom is 0.270 e. The molecule has 9 nitrogen and oxygen atoms in total. The number of halogens is 1. The van der Waals surface area contributed by atoms with Gasteiger partial charge in [0.1, 0.15) is 6.54 Å². The van der Waals surface area contributed by atoms with Crippen molar-refractivity contribution in [2.75, 3.05) is 10.8 Å². The fourth-order valence-corrected chi connectivity index (χ4v) is 4.71. The van der Waals surface area contributed by atoms with Gasteiger partial charge in [-0.1, -0.05) is 41.9 Å². The number of hydrogen-bond donors (Lipinski definition) is 1. The van der Waals surface area contributed by atoms with Crippen LogP contribution >= 0.6 is 11.6 Å². The van der Waals surface area contributed by atoms with Gasteiger partial charge in [-0.05, 0) is 42.8 Å². The highest BCUT2D eigenvalue weighted by Crippen LogP contribution is 2.28. The van der Waals surface area contributed by atoms with Gasteiger partial charge in [-0.3, -0.25) is 19.2 Å². The maximum atomic E-state index is 13.3. The highest BCUT2D eigenvalue weighted by Gasteiger charge is 2.28. The van der Waals surface area contributed by atoms with Gasteiger partial charge in [-0.25, -0.2) is 13.8 Å². The van der Waals surface area contributed by atoms with Gasteiger partial charge in [0, 0.05) is 22.7 Å². The van der Waals surface area contributed by atoms with E-state index in [0.29, 0.717) is 21.8 Å². The molecule has 0 saturated heterocycles. The second kappa shape index (κ2) is 10.2. The minimum absolute atomic E-state index is 0.0206. The molecule has 0 radical (unpaired) electrons. The predicted octanol–water partition coefficient (Wildman–Crippen LogP) is 3.90. The number of hydrogen-bond acceptors (Lipinski definition) is 6. The fraction of sp³-hybridized carbons (Fsp3) is 0.0909. The van der Waals surface area contributed by atoms with Crippen molar-refractivity contribution >= 4 is 45.1 Å². The second-order valence-electron chi connectivity index (χ2n) is 6.90. The monoisotopic (exact) mass is 486 g/mol. The summed E-state index contributed by atoms with van der Waals surface area (Å²) < 4.78 is 27.6. The van der Waals surface area contributed by atoms with Crippen LogP contribution in [-0.2, 0) is 14.8 Å². The van der Waals surface area contributed by atoms with Crippen LogP contribution in [0.5, 0.6) is 0 Å². The largest absolute Gasteiger partial charge is 0.271 e. The van der Waals surface area contributed by atoms with E-state index in [4.69, 9.17) is 11.6 Å². The Morgan fingerprint density at radius 1 is 1.12 bits per heavy atom. The SMILES string of the molecule is Cc1cc(Cl)ccc1N(CC(=O)N/N=C\c1cccc([N+](=O)[O-])c1)S(=O)(=O)c1ccccc1. The van der Waals surface area contributed by atoms with Crippen LogP contribution in [0.4, 0.5) is 11.4 Å². The molecule has 0 atom stereocenters. The number of amides is 1. The minimum atomic E-state index is -4.07. The number of nitro groups is 1. The number of non-ortho nitro benzene ring substituents is 1. The zero-order valence-electron chi connectivity index (χ0n) is 17.4. The van der Waals surface area contributed by atoms with E-state index in [1.807, 2.05) is 0 Å². The molecule has 3 rings (SSSR count). The van der Waals surface area contributed by atoms with Gasteiger partial charge in [0.2, 0.25) is 0 Å². The molecule has 11 heteroatoms. The topological polar surface area (TPSA) is 122 Å². The molecule has 0 aromatic heterocycles. The first-order valence-electron chi connectivity index (χ1n) is 9.59. The van der Waals surface area contributed by atoms with E-state index in [0.717, 1.165) is 4.31 Å². The molecule has 0 saturated carbocycles. The number of nitrogens with zero attached hydrogens (tertiary/aromatic N) is 3. The highest BCUT2D eigenvalue weighted by molar-refractivity contribution is 7.92. The summed E-state index contributed by atoms with van der Waals surface area (Å²) in [5.41, 5.74) is 3.39. The van der Waals surface area contributed by atoms with E-state index in [-0.39, 0.29) is 10.6 Å². The van der Waals surface area contributed by atoms with Crippen molar-refractivity contribution < 1.29 is 18.1 Å². The number of rotatable bonds is 8. The zero-order chi connectivity index (χ0) is 24.0. The summed E-state index contributed by atoms with van der Waals surface area (Å²) in [4.78, 5) is 22.9. The molecule has 33 heavy (non-hydrogen) atoms. The third-order valence-electron chi connectivity index (χ3n) is 4.53. The van der Waals surface area contributed by atoms with Crippen LogP contribution in [0.2, 0.25) is 5.02 Å². The summed E-state index contributed by atoms with van der Waals surface area (Å²) in [6, 6.07) is 18.1. The minimum Gasteiger partial charge on any atom is -0.271 e. The number of sulfonamides is 1. The number of nitro benzene ring substituents is 1. The van der Waals surface area contributed by atoms with Crippen molar-refractivity contribution in [3.05, 3.63) is 99.1 Å². The van der Waals surface area contributed by atoms with Crippen LogP contribution in [-0.4, -0.2) is 32.0 Å². The molecule has 170 valence electrons. The van der Waals surface area contributed by atoms with Crippen molar-refractivity contribution in [2.45, 2.75) is 11.8 Å². The van der Waals surface area contributed by atoms with Crippen molar-refractivity contribution in [3.8, 4) is 0 Å². The van der Waals surface area contributed by atoms with E-state index in [9.17, 15) is 23.3 Å². The predicted molar refractivity (Wildman–Crippen MR) is 126 cm³/mol. The number of carbonyl (C=O) groups is 1. The first-order valence-corrected chi connectivity index (χ1v) is 11.4. The molecule has 0 bridgehead atoms. The van der Waals surface area contributed by atoms with Crippen LogP contribution < -0.4 is 9.73 Å². The summed E-state index contributed by atoms with van der Waals surface area (Å²) in [7, 11) is -4.07. The first kappa shape index (κ1) is 23.9. The Hall–Kier alpha value is -3.76. The van der Waals surface area contributed by atoms with Crippen molar-refractivity contribution in [2.24, 2.45) is 5.10 Å². The summed E-state index contributed by atoms with van der Waals surface area (Å²) in [6.07, 6.45) is 1.23. The number of aryl methyl sites for hydroxylation is 1. The van der Waals surface area contributed by atoms with Crippen molar-refractivity contribution in [1.29, 1.82) is 0 Å². The van der Waals surface area contributed by atoms with E-state index in [1.165, 1.54) is 48.7 Å². The van der Waals surface area contributed by atoms with Crippen molar-refractivity contribution in [3.63, 3.8) is 0 Å². The molecule has 3 aromatic rings. The summed E-state index contributed by atoms with van der Waals surface area (Å²) >= 11 is 6.01. The lowest BCUT2D eigenvalue weighted by Gasteiger charge is -2.25. The Labute approximate surface area is 195 Å². The molecular formula is C22H19ClN4O5S. The molecular weight excluding hydrogens is 468 g/mol. The summed E-state index contributed by atoms with van der Waals surface area (Å²) in [6.45, 7) is 1.14. The molecule has 1 amide bonds. The van der Waals surface area contributed by atoms with Crippen LogP contribution in [0.3, 0.4) is 0 Å². The zero-order valence-corrected chi connectivity index (χ0v) is 19.0. The molecule has 0 aliphatic carbocycles. The number of nitrogens with one attached hydrogen (secondary N) is 1. The van der Waals surface area contributed by atoms with Crippen LogP contribution in [0.1, 0.15) is 11.1 Å². The normalized spacial score (nSPS) is 11.3. The molecule has 0 aliphatic rings. The van der Waals surface area contributed by atoms with E-state index >= 15 is 0 Å². The Morgan fingerprint density at radius 3 is 2.52 bits per heavy atom. The highest BCUT2D eigenvalue weighted by atomic mass is 35.5. The summed E-state index contributed by atoms with van der Waals surface area (Å²) in [5, 5.41) is 15.1. The van der Waals surface area contributed by atoms with E-state index in [2.05, 4.69) is 10.5 Å². The maximum absolute atomic E-state index is 13.3. The molecule has 0 spiro atoms. The number of anilines is 1.